The normalized spacial score (nSPS) is 17.0. The van der Waals surface area contributed by atoms with Gasteiger partial charge in [-0.3, -0.25) is 0 Å². The molecular weight excluding hydrogens is 601 g/mol. The molecule has 0 saturated heterocycles. The lowest BCUT2D eigenvalue weighted by Gasteiger charge is -2.30. The van der Waals surface area contributed by atoms with E-state index < -0.39 is 5.41 Å². The molecule has 0 unspecified atom stereocenters. The Kier molecular flexibility index (Phi) is 7.63. The average molecular weight is 637 g/mol. The molecule has 1 spiro atoms. The molecule has 8 rings (SSSR count). The maximum atomic E-state index is 4.85. The van der Waals surface area contributed by atoms with Crippen molar-refractivity contribution in [1.29, 1.82) is 0 Å². The molecule has 2 nitrogen and oxygen atoms in total. The summed E-state index contributed by atoms with van der Waals surface area (Å²) in [5, 5.41) is 8.04. The van der Waals surface area contributed by atoms with E-state index in [-0.39, 0.29) is 0 Å². The molecule has 3 heteroatoms. The predicted molar refractivity (Wildman–Crippen MR) is 208 cm³/mol. The van der Waals surface area contributed by atoms with E-state index in [1.165, 1.54) is 66.3 Å². The molecule has 1 heterocycles. The third-order valence-electron chi connectivity index (χ3n) is 9.86. The van der Waals surface area contributed by atoms with Crippen LogP contribution in [0.4, 0.5) is 0 Å². The van der Waals surface area contributed by atoms with Gasteiger partial charge in [-0.2, -0.15) is 12.6 Å². The summed E-state index contributed by atoms with van der Waals surface area (Å²) in [7, 11) is 0. The zero-order valence-electron chi connectivity index (χ0n) is 27.1. The minimum Gasteiger partial charge on any atom is -0.362 e. The summed E-state index contributed by atoms with van der Waals surface area (Å²) >= 11 is 4.85. The Morgan fingerprint density at radius 2 is 1.19 bits per heavy atom. The lowest BCUT2D eigenvalue weighted by atomic mass is 9.71. The highest BCUT2D eigenvalue weighted by Crippen LogP contribution is 2.63. The van der Waals surface area contributed by atoms with E-state index in [1.54, 1.807) is 0 Å². The van der Waals surface area contributed by atoms with Gasteiger partial charge in [0.1, 0.15) is 0 Å². The molecule has 5 aromatic carbocycles. The van der Waals surface area contributed by atoms with Crippen molar-refractivity contribution in [3.63, 3.8) is 0 Å². The Morgan fingerprint density at radius 3 is 1.77 bits per heavy atom. The summed E-state index contributed by atoms with van der Waals surface area (Å²) < 4.78 is 2.34. The number of hydrogen-bond acceptors (Lipinski definition) is 2. The van der Waals surface area contributed by atoms with Crippen LogP contribution < -0.4 is 5.32 Å². The third-order valence-corrected chi connectivity index (χ3v) is 10.1. The number of thiol groups is 1. The fourth-order valence-corrected chi connectivity index (χ4v) is 8.22. The highest BCUT2D eigenvalue weighted by atomic mass is 32.1. The van der Waals surface area contributed by atoms with Crippen molar-refractivity contribution in [2.45, 2.75) is 19.3 Å². The number of nitrogens with zero attached hydrogens (tertiary/aromatic N) is 1. The molecule has 0 aliphatic heterocycles. The first-order valence-corrected chi connectivity index (χ1v) is 17.0. The Balaban J connectivity index is 1.08. The fourth-order valence-electron chi connectivity index (χ4n) is 7.88. The van der Waals surface area contributed by atoms with Crippen LogP contribution in [0.3, 0.4) is 0 Å². The minimum absolute atomic E-state index is 0.392. The van der Waals surface area contributed by atoms with E-state index in [2.05, 4.69) is 182 Å². The number of hydrogen-bond donors (Lipinski definition) is 2. The van der Waals surface area contributed by atoms with Gasteiger partial charge in [0.25, 0.3) is 0 Å². The standard InChI is InChI=1S/C45H36N2S/c1-3-32(17-14-16-31(2)47-43-27-12-7-21-37(43)38-22-8-13-28-44(38)47)46-29-15-23-36-35-20-6-11-26-41(35)45(42(36)30-48)39-24-9-4-18-33(39)34-19-5-10-25-40(34)45/h3-30,46,48H,1-2H3/b17-14-,29-15+,31-16+,32-3+,36-23-,42-30+. The summed E-state index contributed by atoms with van der Waals surface area (Å²) in [6.07, 6.45) is 14.8. The molecule has 2 aliphatic rings. The van der Waals surface area contributed by atoms with E-state index in [9.17, 15) is 0 Å². The molecule has 0 radical (unpaired) electrons. The van der Waals surface area contributed by atoms with E-state index in [1.807, 2.05) is 11.6 Å². The highest BCUT2D eigenvalue weighted by Gasteiger charge is 2.52. The molecule has 232 valence electrons. The SMILES string of the molecule is C\C=C(/C=C\C=C(/C)n1c2ccccc2c2ccccc21)N/C=C/C=C1\C(=C/S)C2(c3ccccc31)c1ccccc1-c1ccccc12. The number of rotatable bonds is 6. The first-order valence-electron chi connectivity index (χ1n) is 16.5. The second kappa shape index (κ2) is 12.3. The number of aromatic nitrogens is 1. The Bertz CT molecular complexity index is 2310. The predicted octanol–water partition coefficient (Wildman–Crippen LogP) is 11.4. The monoisotopic (exact) mass is 636 g/mol. The lowest BCUT2D eigenvalue weighted by molar-refractivity contribution is 0.796. The van der Waals surface area contributed by atoms with Gasteiger partial charge in [0, 0.05) is 28.4 Å². The first kappa shape index (κ1) is 29.9. The van der Waals surface area contributed by atoms with Crippen LogP contribution in [-0.4, -0.2) is 4.57 Å². The molecule has 2 aliphatic carbocycles. The Morgan fingerprint density at radius 1 is 0.667 bits per heavy atom. The fraction of sp³-hybridized carbons (Fsp3) is 0.0667. The van der Waals surface area contributed by atoms with E-state index in [4.69, 9.17) is 12.6 Å². The van der Waals surface area contributed by atoms with Gasteiger partial charge in [-0.1, -0.05) is 127 Å². The molecular formula is C45H36N2S. The quantitative estimate of drug-likeness (QED) is 0.137. The van der Waals surface area contributed by atoms with Crippen LogP contribution >= 0.6 is 12.6 Å². The molecule has 6 aromatic rings. The van der Waals surface area contributed by atoms with E-state index in [0.717, 1.165) is 11.4 Å². The summed E-state index contributed by atoms with van der Waals surface area (Å²) in [4.78, 5) is 0. The van der Waals surface area contributed by atoms with Gasteiger partial charge in [0.2, 0.25) is 0 Å². The van der Waals surface area contributed by atoms with Gasteiger partial charge in [-0.05, 0) is 94.1 Å². The average Bonchev–Trinajstić information content (AvgIpc) is 3.74. The van der Waals surface area contributed by atoms with E-state index >= 15 is 0 Å². The van der Waals surface area contributed by atoms with Gasteiger partial charge >= 0.3 is 0 Å². The zero-order valence-corrected chi connectivity index (χ0v) is 28.0. The molecule has 1 N–H and O–H groups in total. The summed E-state index contributed by atoms with van der Waals surface area (Å²) in [6, 6.07) is 43.7. The number of fused-ring (bicyclic) bond motifs is 10. The Labute approximate surface area is 287 Å². The van der Waals surface area contributed by atoms with Crippen LogP contribution in [0.25, 0.3) is 44.2 Å². The molecule has 1 aromatic heterocycles. The molecule has 0 fully saturated rings. The second-order valence-electron chi connectivity index (χ2n) is 12.3. The van der Waals surface area contributed by atoms with Crippen molar-refractivity contribution in [1.82, 2.24) is 9.88 Å². The highest BCUT2D eigenvalue weighted by molar-refractivity contribution is 7.83. The number of nitrogens with one attached hydrogen (secondary N) is 1. The number of benzene rings is 5. The first-order chi connectivity index (χ1) is 23.7. The summed E-state index contributed by atoms with van der Waals surface area (Å²) in [6.45, 7) is 4.22. The molecule has 0 saturated carbocycles. The molecule has 0 amide bonds. The van der Waals surface area contributed by atoms with Crippen LogP contribution in [-0.2, 0) is 5.41 Å². The van der Waals surface area contributed by atoms with Crippen LogP contribution in [0.1, 0.15) is 36.1 Å². The third kappa shape index (κ3) is 4.50. The van der Waals surface area contributed by atoms with Crippen molar-refractivity contribution >= 4 is 45.7 Å². The lowest BCUT2D eigenvalue weighted by Crippen LogP contribution is -2.25. The summed E-state index contributed by atoms with van der Waals surface area (Å²) in [5.41, 5.74) is 14.4. The zero-order chi connectivity index (χ0) is 32.7. The van der Waals surface area contributed by atoms with Crippen LogP contribution in [0.5, 0.6) is 0 Å². The van der Waals surface area contributed by atoms with Crippen LogP contribution in [0, 0.1) is 0 Å². The maximum absolute atomic E-state index is 4.85. The molecule has 0 bridgehead atoms. The van der Waals surface area contributed by atoms with Crippen molar-refractivity contribution in [3.8, 4) is 11.1 Å². The molecule has 0 atom stereocenters. The second-order valence-corrected chi connectivity index (χ2v) is 12.6. The van der Waals surface area contributed by atoms with Gasteiger partial charge in [-0.25, -0.2) is 0 Å². The van der Waals surface area contributed by atoms with Crippen molar-refractivity contribution in [2.24, 2.45) is 0 Å². The van der Waals surface area contributed by atoms with Gasteiger partial charge < -0.3 is 9.88 Å². The smallest absolute Gasteiger partial charge is 0.0730 e. The Hall–Kier alpha value is -5.51. The largest absolute Gasteiger partial charge is 0.362 e. The number of allylic oxidation sites excluding steroid dienone is 9. The minimum atomic E-state index is -0.392. The van der Waals surface area contributed by atoms with E-state index in [0.29, 0.717) is 0 Å². The van der Waals surface area contributed by atoms with Crippen molar-refractivity contribution in [2.75, 3.05) is 0 Å². The van der Waals surface area contributed by atoms with Crippen molar-refractivity contribution < 1.29 is 0 Å². The van der Waals surface area contributed by atoms with Crippen LogP contribution in [0.15, 0.2) is 181 Å². The van der Waals surface area contributed by atoms with Gasteiger partial charge in [0.05, 0.1) is 16.4 Å². The van der Waals surface area contributed by atoms with Crippen molar-refractivity contribution in [3.05, 3.63) is 203 Å². The van der Waals surface area contributed by atoms with Crippen LogP contribution in [0.2, 0.25) is 0 Å². The summed E-state index contributed by atoms with van der Waals surface area (Å²) in [5.74, 6) is 0. The molecule has 48 heavy (non-hydrogen) atoms. The maximum Gasteiger partial charge on any atom is 0.0730 e. The topological polar surface area (TPSA) is 17.0 Å². The van der Waals surface area contributed by atoms with Gasteiger partial charge in [0.15, 0.2) is 0 Å². The van der Waals surface area contributed by atoms with Gasteiger partial charge in [-0.15, -0.1) is 0 Å². The number of para-hydroxylation sites is 2.